The van der Waals surface area contributed by atoms with E-state index in [1.165, 1.54) is 4.90 Å². The number of amides is 2. The molecule has 1 fully saturated rings. The minimum Gasteiger partial charge on any atom is -0.481 e. The highest BCUT2D eigenvalue weighted by Crippen LogP contribution is 2.23. The lowest BCUT2D eigenvalue weighted by molar-refractivity contribution is -0.144. The van der Waals surface area contributed by atoms with Crippen molar-refractivity contribution in [1.82, 2.24) is 4.90 Å². The van der Waals surface area contributed by atoms with Crippen LogP contribution in [0.1, 0.15) is 12.5 Å². The lowest BCUT2D eigenvalue weighted by Crippen LogP contribution is -2.38. The molecule has 1 aromatic carbocycles. The highest BCUT2D eigenvalue weighted by Gasteiger charge is 2.38. The first-order valence-electron chi connectivity index (χ1n) is 6.78. The van der Waals surface area contributed by atoms with E-state index in [1.54, 1.807) is 19.1 Å². The number of anilines is 1. The SMILES string of the molecule is Cc1ccc(NC(=O)C(=O)N2CC(C)C(C(=O)O)C2)cc1. The summed E-state index contributed by atoms with van der Waals surface area (Å²) in [5.74, 6) is -3.13. The van der Waals surface area contributed by atoms with Gasteiger partial charge in [0.05, 0.1) is 5.92 Å². The summed E-state index contributed by atoms with van der Waals surface area (Å²) >= 11 is 0. The Hall–Kier alpha value is -2.37. The van der Waals surface area contributed by atoms with Crippen LogP contribution in [0.25, 0.3) is 0 Å². The number of aryl methyl sites for hydroxylation is 1. The molecule has 2 amide bonds. The van der Waals surface area contributed by atoms with Gasteiger partial charge >= 0.3 is 17.8 Å². The molecule has 0 spiro atoms. The molecule has 0 aliphatic carbocycles. The third kappa shape index (κ3) is 3.39. The topological polar surface area (TPSA) is 86.7 Å². The highest BCUT2D eigenvalue weighted by atomic mass is 16.4. The van der Waals surface area contributed by atoms with Crippen molar-refractivity contribution in [2.24, 2.45) is 11.8 Å². The zero-order valence-electron chi connectivity index (χ0n) is 12.0. The molecular formula is C15H18N2O4. The number of likely N-dealkylation sites (tertiary alicyclic amines) is 1. The van der Waals surface area contributed by atoms with Crippen LogP contribution in [0.4, 0.5) is 5.69 Å². The molecule has 1 saturated heterocycles. The van der Waals surface area contributed by atoms with E-state index in [2.05, 4.69) is 5.32 Å². The van der Waals surface area contributed by atoms with Gasteiger partial charge in [0, 0.05) is 18.8 Å². The molecule has 0 aromatic heterocycles. The Morgan fingerprint density at radius 3 is 2.33 bits per heavy atom. The van der Waals surface area contributed by atoms with Crippen LogP contribution < -0.4 is 5.32 Å². The Kier molecular flexibility index (Phi) is 4.26. The van der Waals surface area contributed by atoms with Gasteiger partial charge in [0.25, 0.3) is 0 Å². The predicted octanol–water partition coefficient (Wildman–Crippen LogP) is 1.11. The Bertz CT molecular complexity index is 568. The van der Waals surface area contributed by atoms with Crippen LogP contribution in [-0.2, 0) is 14.4 Å². The number of nitrogens with zero attached hydrogens (tertiary/aromatic N) is 1. The molecule has 0 bridgehead atoms. The van der Waals surface area contributed by atoms with E-state index in [0.29, 0.717) is 5.69 Å². The fourth-order valence-corrected chi connectivity index (χ4v) is 2.42. The molecule has 21 heavy (non-hydrogen) atoms. The van der Waals surface area contributed by atoms with Crippen molar-refractivity contribution in [2.45, 2.75) is 13.8 Å². The fourth-order valence-electron chi connectivity index (χ4n) is 2.42. The Labute approximate surface area is 122 Å². The summed E-state index contributed by atoms with van der Waals surface area (Å²) in [7, 11) is 0. The van der Waals surface area contributed by atoms with Crippen molar-refractivity contribution in [3.8, 4) is 0 Å². The molecule has 2 N–H and O–H groups in total. The number of aliphatic carboxylic acids is 1. The maximum Gasteiger partial charge on any atom is 0.313 e. The lowest BCUT2D eigenvalue weighted by atomic mass is 9.99. The van der Waals surface area contributed by atoms with Crippen LogP contribution in [-0.4, -0.2) is 40.9 Å². The summed E-state index contributed by atoms with van der Waals surface area (Å²) in [6, 6.07) is 7.09. The van der Waals surface area contributed by atoms with Gasteiger partial charge in [0.15, 0.2) is 0 Å². The van der Waals surface area contributed by atoms with Gasteiger partial charge in [-0.05, 0) is 25.0 Å². The predicted molar refractivity (Wildman–Crippen MR) is 76.7 cm³/mol. The van der Waals surface area contributed by atoms with Crippen LogP contribution in [0.15, 0.2) is 24.3 Å². The van der Waals surface area contributed by atoms with Gasteiger partial charge in [0.2, 0.25) is 0 Å². The molecule has 2 rings (SSSR count). The molecular weight excluding hydrogens is 272 g/mol. The molecule has 2 atom stereocenters. The van der Waals surface area contributed by atoms with E-state index in [1.807, 2.05) is 19.1 Å². The molecule has 1 aliphatic heterocycles. The monoisotopic (exact) mass is 290 g/mol. The van der Waals surface area contributed by atoms with Gasteiger partial charge in [-0.15, -0.1) is 0 Å². The van der Waals surface area contributed by atoms with E-state index in [0.717, 1.165) is 5.56 Å². The maximum absolute atomic E-state index is 12.1. The van der Waals surface area contributed by atoms with Crippen molar-refractivity contribution < 1.29 is 19.5 Å². The number of benzene rings is 1. The van der Waals surface area contributed by atoms with E-state index in [9.17, 15) is 14.4 Å². The summed E-state index contributed by atoms with van der Waals surface area (Å²) < 4.78 is 0. The smallest absolute Gasteiger partial charge is 0.313 e. The highest BCUT2D eigenvalue weighted by molar-refractivity contribution is 6.39. The molecule has 1 aliphatic rings. The standard InChI is InChI=1S/C15H18N2O4/c1-9-3-5-11(6-4-9)16-13(18)14(19)17-7-10(2)12(8-17)15(20)21/h3-6,10,12H,7-8H2,1-2H3,(H,16,18)(H,20,21). The number of carbonyl (C=O) groups is 3. The summed E-state index contributed by atoms with van der Waals surface area (Å²) in [5, 5.41) is 11.6. The zero-order valence-corrected chi connectivity index (χ0v) is 12.0. The van der Waals surface area contributed by atoms with E-state index in [4.69, 9.17) is 5.11 Å². The van der Waals surface area contributed by atoms with Crippen LogP contribution in [0.5, 0.6) is 0 Å². The fraction of sp³-hybridized carbons (Fsp3) is 0.400. The van der Waals surface area contributed by atoms with Gasteiger partial charge in [-0.3, -0.25) is 14.4 Å². The number of carbonyl (C=O) groups excluding carboxylic acids is 2. The van der Waals surface area contributed by atoms with Gasteiger partial charge in [-0.2, -0.15) is 0 Å². The van der Waals surface area contributed by atoms with Gasteiger partial charge in [-0.1, -0.05) is 24.6 Å². The molecule has 0 saturated carbocycles. The van der Waals surface area contributed by atoms with Gasteiger partial charge in [0.1, 0.15) is 0 Å². The number of hydrogen-bond donors (Lipinski definition) is 2. The van der Waals surface area contributed by atoms with Gasteiger partial charge in [-0.25, -0.2) is 0 Å². The quantitative estimate of drug-likeness (QED) is 0.799. The second-order valence-corrected chi connectivity index (χ2v) is 5.45. The maximum atomic E-state index is 12.1. The van der Waals surface area contributed by atoms with Gasteiger partial charge < -0.3 is 15.3 Å². The van der Waals surface area contributed by atoms with Crippen molar-refractivity contribution >= 4 is 23.5 Å². The van der Waals surface area contributed by atoms with Crippen LogP contribution in [0.2, 0.25) is 0 Å². The molecule has 0 radical (unpaired) electrons. The Morgan fingerprint density at radius 1 is 1.19 bits per heavy atom. The van der Waals surface area contributed by atoms with Crippen molar-refractivity contribution in [1.29, 1.82) is 0 Å². The van der Waals surface area contributed by atoms with Crippen LogP contribution in [0.3, 0.4) is 0 Å². The first-order valence-corrected chi connectivity index (χ1v) is 6.78. The number of carboxylic acids is 1. The average molecular weight is 290 g/mol. The summed E-state index contributed by atoms with van der Waals surface area (Å²) in [5.41, 5.74) is 1.60. The first kappa shape index (κ1) is 15.0. The lowest BCUT2D eigenvalue weighted by Gasteiger charge is -2.15. The Balaban J connectivity index is 1.99. The number of rotatable bonds is 2. The summed E-state index contributed by atoms with van der Waals surface area (Å²) in [4.78, 5) is 36.3. The molecule has 6 heteroatoms. The van der Waals surface area contributed by atoms with Crippen molar-refractivity contribution in [3.05, 3.63) is 29.8 Å². The van der Waals surface area contributed by atoms with E-state index in [-0.39, 0.29) is 19.0 Å². The molecule has 2 unspecified atom stereocenters. The Morgan fingerprint density at radius 2 is 1.81 bits per heavy atom. The third-order valence-corrected chi connectivity index (χ3v) is 3.72. The third-order valence-electron chi connectivity index (χ3n) is 3.72. The zero-order chi connectivity index (χ0) is 15.6. The minimum absolute atomic E-state index is 0.0800. The molecule has 1 heterocycles. The molecule has 1 aromatic rings. The first-order chi connectivity index (χ1) is 9.88. The molecule has 6 nitrogen and oxygen atoms in total. The second kappa shape index (κ2) is 5.95. The number of nitrogens with one attached hydrogen (secondary N) is 1. The number of carboxylic acid groups (broad SMARTS) is 1. The van der Waals surface area contributed by atoms with Crippen molar-refractivity contribution in [3.63, 3.8) is 0 Å². The largest absolute Gasteiger partial charge is 0.481 e. The molecule has 112 valence electrons. The van der Waals surface area contributed by atoms with E-state index >= 15 is 0 Å². The summed E-state index contributed by atoms with van der Waals surface area (Å²) in [6.45, 7) is 4.06. The average Bonchev–Trinajstić information content (AvgIpc) is 2.82. The van der Waals surface area contributed by atoms with Crippen molar-refractivity contribution in [2.75, 3.05) is 18.4 Å². The normalized spacial score (nSPS) is 21.1. The second-order valence-electron chi connectivity index (χ2n) is 5.45. The minimum atomic E-state index is -0.934. The van der Waals surface area contributed by atoms with Crippen LogP contribution >= 0.6 is 0 Å². The number of hydrogen-bond acceptors (Lipinski definition) is 3. The van der Waals surface area contributed by atoms with E-state index < -0.39 is 23.7 Å². The van der Waals surface area contributed by atoms with Crippen LogP contribution in [0, 0.1) is 18.8 Å². The summed E-state index contributed by atoms with van der Waals surface area (Å²) in [6.07, 6.45) is 0.